The number of aromatic nitrogens is 2. The maximum Gasteiger partial charge on any atom is 0.217 e. The van der Waals surface area contributed by atoms with Crippen LogP contribution in [0.4, 0.5) is 0 Å². The van der Waals surface area contributed by atoms with E-state index in [2.05, 4.69) is 57.8 Å². The Kier molecular flexibility index (Phi) is 2.97. The SMILES string of the molecule is c1ccc(-n2cccc2-n2c3oc4ccccc4c3c3c4ccccc4oc32)cc1. The molecule has 0 aliphatic heterocycles. The van der Waals surface area contributed by atoms with Crippen molar-refractivity contribution in [2.24, 2.45) is 0 Å². The van der Waals surface area contributed by atoms with Gasteiger partial charge in [0.1, 0.15) is 17.0 Å². The second kappa shape index (κ2) is 5.67. The van der Waals surface area contributed by atoms with E-state index in [0.717, 1.165) is 55.6 Å². The molecule has 0 fully saturated rings. The van der Waals surface area contributed by atoms with Gasteiger partial charge in [-0.25, -0.2) is 4.57 Å². The lowest BCUT2D eigenvalue weighted by Crippen LogP contribution is -2.02. The van der Waals surface area contributed by atoms with Crippen LogP contribution in [-0.4, -0.2) is 9.13 Å². The molecular formula is C26H16N2O2. The van der Waals surface area contributed by atoms with Crippen LogP contribution in [0.2, 0.25) is 0 Å². The van der Waals surface area contributed by atoms with E-state index in [9.17, 15) is 0 Å². The lowest BCUT2D eigenvalue weighted by Gasteiger charge is -2.10. The number of benzene rings is 3. The van der Waals surface area contributed by atoms with Crippen molar-refractivity contribution >= 4 is 44.1 Å². The zero-order chi connectivity index (χ0) is 19.7. The van der Waals surface area contributed by atoms with Gasteiger partial charge in [-0.05, 0) is 36.4 Å². The highest BCUT2D eigenvalue weighted by Gasteiger charge is 2.25. The zero-order valence-corrected chi connectivity index (χ0v) is 15.9. The third-order valence-electron chi connectivity index (χ3n) is 5.80. The molecule has 0 amide bonds. The monoisotopic (exact) mass is 388 g/mol. The Bertz CT molecular complexity index is 1610. The van der Waals surface area contributed by atoms with E-state index in [1.165, 1.54) is 0 Å². The van der Waals surface area contributed by atoms with Gasteiger partial charge in [0, 0.05) is 22.7 Å². The van der Waals surface area contributed by atoms with Gasteiger partial charge >= 0.3 is 0 Å². The average Bonchev–Trinajstić information content (AvgIpc) is 3.54. The summed E-state index contributed by atoms with van der Waals surface area (Å²) in [6.07, 6.45) is 2.06. The number of para-hydroxylation sites is 3. The van der Waals surface area contributed by atoms with Gasteiger partial charge in [-0.2, -0.15) is 0 Å². The first-order valence-electron chi connectivity index (χ1n) is 9.96. The third kappa shape index (κ3) is 1.95. The van der Waals surface area contributed by atoms with E-state index in [0.29, 0.717) is 0 Å². The highest BCUT2D eigenvalue weighted by molar-refractivity contribution is 6.26. The summed E-state index contributed by atoms with van der Waals surface area (Å²) in [4.78, 5) is 0. The fourth-order valence-corrected chi connectivity index (χ4v) is 4.52. The highest BCUT2D eigenvalue weighted by atomic mass is 16.4. The maximum absolute atomic E-state index is 6.38. The lowest BCUT2D eigenvalue weighted by molar-refractivity contribution is 0.610. The van der Waals surface area contributed by atoms with Crippen molar-refractivity contribution < 1.29 is 8.83 Å². The van der Waals surface area contributed by atoms with Gasteiger partial charge < -0.3 is 13.4 Å². The molecule has 4 heterocycles. The molecule has 0 radical (unpaired) electrons. The molecule has 0 bridgehead atoms. The highest BCUT2D eigenvalue weighted by Crippen LogP contribution is 2.43. The fourth-order valence-electron chi connectivity index (χ4n) is 4.52. The molecule has 30 heavy (non-hydrogen) atoms. The summed E-state index contributed by atoms with van der Waals surface area (Å²) < 4.78 is 17.0. The Labute approximate surface area is 171 Å². The topological polar surface area (TPSA) is 36.1 Å². The zero-order valence-electron chi connectivity index (χ0n) is 15.9. The predicted octanol–water partition coefficient (Wildman–Crippen LogP) is 7.07. The predicted molar refractivity (Wildman–Crippen MR) is 120 cm³/mol. The Balaban J connectivity index is 1.70. The Hall–Kier alpha value is -4.18. The molecule has 0 aliphatic rings. The number of furan rings is 2. The molecule has 0 saturated heterocycles. The molecule has 7 rings (SSSR count). The number of fused-ring (bicyclic) bond motifs is 7. The van der Waals surface area contributed by atoms with Crippen LogP contribution in [0.15, 0.2) is 106 Å². The van der Waals surface area contributed by atoms with Crippen LogP contribution < -0.4 is 0 Å². The van der Waals surface area contributed by atoms with Crippen LogP contribution in [0.5, 0.6) is 0 Å². The summed E-state index contributed by atoms with van der Waals surface area (Å²) in [6.45, 7) is 0. The number of hydrogen-bond acceptors (Lipinski definition) is 2. The van der Waals surface area contributed by atoms with Gasteiger partial charge in [0.2, 0.25) is 11.4 Å². The van der Waals surface area contributed by atoms with E-state index >= 15 is 0 Å². The summed E-state index contributed by atoms with van der Waals surface area (Å²) in [5.74, 6) is 0.972. The molecule has 0 N–H and O–H groups in total. The van der Waals surface area contributed by atoms with Crippen molar-refractivity contribution in [1.29, 1.82) is 0 Å². The van der Waals surface area contributed by atoms with Gasteiger partial charge in [0.05, 0.1) is 10.8 Å². The minimum absolute atomic E-state index is 0.798. The lowest BCUT2D eigenvalue weighted by atomic mass is 10.1. The van der Waals surface area contributed by atoms with Crippen molar-refractivity contribution in [3.8, 4) is 11.5 Å². The van der Waals surface area contributed by atoms with Crippen molar-refractivity contribution in [2.75, 3.05) is 0 Å². The largest absolute Gasteiger partial charge is 0.439 e. The smallest absolute Gasteiger partial charge is 0.217 e. The average molecular weight is 388 g/mol. The summed E-state index contributed by atoms with van der Waals surface area (Å²) in [5.41, 5.74) is 4.43. The van der Waals surface area contributed by atoms with Crippen LogP contribution in [-0.2, 0) is 0 Å². The summed E-state index contributed by atoms with van der Waals surface area (Å²) in [6, 6.07) is 30.8. The van der Waals surface area contributed by atoms with E-state index in [1.807, 2.05) is 48.5 Å². The van der Waals surface area contributed by atoms with Gasteiger partial charge in [-0.15, -0.1) is 0 Å². The first-order valence-corrected chi connectivity index (χ1v) is 9.96. The molecular weight excluding hydrogens is 372 g/mol. The molecule has 0 spiro atoms. The third-order valence-corrected chi connectivity index (χ3v) is 5.80. The molecule has 0 aliphatic carbocycles. The van der Waals surface area contributed by atoms with Gasteiger partial charge in [0.15, 0.2) is 0 Å². The van der Waals surface area contributed by atoms with Crippen molar-refractivity contribution in [3.05, 3.63) is 97.2 Å². The molecule has 4 heteroatoms. The molecule has 3 aromatic carbocycles. The molecule has 0 unspecified atom stereocenters. The molecule has 0 saturated carbocycles. The molecule has 7 aromatic rings. The molecule has 142 valence electrons. The van der Waals surface area contributed by atoms with Crippen LogP contribution in [0.25, 0.3) is 55.6 Å². The normalized spacial score (nSPS) is 12.0. The van der Waals surface area contributed by atoms with Crippen molar-refractivity contribution in [3.63, 3.8) is 0 Å². The van der Waals surface area contributed by atoms with E-state index in [4.69, 9.17) is 8.83 Å². The quantitative estimate of drug-likeness (QED) is 0.318. The minimum Gasteiger partial charge on any atom is -0.439 e. The molecule has 4 aromatic heterocycles. The van der Waals surface area contributed by atoms with E-state index in [1.54, 1.807) is 0 Å². The first kappa shape index (κ1) is 15.7. The van der Waals surface area contributed by atoms with Crippen molar-refractivity contribution in [1.82, 2.24) is 9.13 Å². The summed E-state index contributed by atoms with van der Waals surface area (Å²) >= 11 is 0. The van der Waals surface area contributed by atoms with Crippen LogP contribution >= 0.6 is 0 Å². The second-order valence-corrected chi connectivity index (χ2v) is 7.46. The minimum atomic E-state index is 0.798. The van der Waals surface area contributed by atoms with Crippen LogP contribution in [0, 0.1) is 0 Å². The standard InChI is InChI=1S/C26H16N2O2/c1-2-9-17(10-3-1)27-16-8-15-22(27)28-25-23(18-11-4-6-13-20(18)29-25)24-19-12-5-7-14-21(19)30-26(24)28/h1-16H. The van der Waals surface area contributed by atoms with Gasteiger partial charge in [-0.3, -0.25) is 0 Å². The van der Waals surface area contributed by atoms with E-state index in [-0.39, 0.29) is 0 Å². The van der Waals surface area contributed by atoms with E-state index < -0.39 is 0 Å². The fraction of sp³-hybridized carbons (Fsp3) is 0. The number of hydrogen-bond donors (Lipinski definition) is 0. The summed E-state index contributed by atoms with van der Waals surface area (Å²) in [5, 5.41) is 4.37. The number of rotatable bonds is 2. The Morgan fingerprint density at radius 2 is 1.10 bits per heavy atom. The van der Waals surface area contributed by atoms with Crippen LogP contribution in [0.1, 0.15) is 0 Å². The van der Waals surface area contributed by atoms with Gasteiger partial charge in [-0.1, -0.05) is 54.6 Å². The Morgan fingerprint density at radius 1 is 0.533 bits per heavy atom. The number of nitrogens with zero attached hydrogens (tertiary/aromatic N) is 2. The molecule has 0 atom stereocenters. The molecule has 4 nitrogen and oxygen atoms in total. The summed E-state index contributed by atoms with van der Waals surface area (Å²) in [7, 11) is 0. The second-order valence-electron chi connectivity index (χ2n) is 7.46. The van der Waals surface area contributed by atoms with Crippen molar-refractivity contribution in [2.45, 2.75) is 0 Å². The maximum atomic E-state index is 6.38. The first-order chi connectivity index (χ1) is 14.9. The Morgan fingerprint density at radius 3 is 1.73 bits per heavy atom. The van der Waals surface area contributed by atoms with Gasteiger partial charge in [0.25, 0.3) is 0 Å². The van der Waals surface area contributed by atoms with Crippen LogP contribution in [0.3, 0.4) is 0 Å².